The minimum absolute atomic E-state index is 0.112. The molecule has 1 heterocycles. The standard InChI is InChI=1S/C48H48F3N5O5/c1-54(2)24-7-25-61-40-20-17-34(18-21-40)42-27-36-16-19-39(53-46(60)47(22-23-47)37-9-4-3-5-10-37)28-41(36)45(59)56(42)30-32-12-14-35(15-13-32)44(58)55(31-43(52)57)29-33-8-6-11-38(26-33)48(49,50)51/h3-6,8-21,26,28,42H,7,22-25,27,29-31H2,1-2H3,(H2,52,57)(H,53,60). The van der Waals surface area contributed by atoms with E-state index in [0.717, 1.165) is 65.3 Å². The largest absolute Gasteiger partial charge is 0.494 e. The van der Waals surface area contributed by atoms with Crippen LogP contribution in [0.1, 0.15) is 79.4 Å². The minimum atomic E-state index is -4.58. The third-order valence-corrected chi connectivity index (χ3v) is 11.3. The number of carbonyl (C=O) groups excluding carboxylic acids is 4. The molecule has 1 fully saturated rings. The second-order valence-electron chi connectivity index (χ2n) is 16.0. The Hall–Kier alpha value is -6.47. The van der Waals surface area contributed by atoms with Gasteiger partial charge in [-0.1, -0.05) is 72.8 Å². The summed E-state index contributed by atoms with van der Waals surface area (Å²) in [4.78, 5) is 58.9. The average molecular weight is 832 g/mol. The molecule has 13 heteroatoms. The topological polar surface area (TPSA) is 125 Å². The maximum Gasteiger partial charge on any atom is 0.416 e. The highest BCUT2D eigenvalue weighted by atomic mass is 19.4. The summed E-state index contributed by atoms with van der Waals surface area (Å²) in [5.74, 6) is -1.03. The van der Waals surface area contributed by atoms with E-state index < -0.39 is 35.5 Å². The Bertz CT molecular complexity index is 2380. The van der Waals surface area contributed by atoms with Gasteiger partial charge in [-0.2, -0.15) is 13.2 Å². The van der Waals surface area contributed by atoms with Crippen LogP contribution >= 0.6 is 0 Å². The predicted octanol–water partition coefficient (Wildman–Crippen LogP) is 7.77. The molecule has 0 saturated heterocycles. The number of fused-ring (bicyclic) bond motifs is 1. The number of benzene rings is 5. The molecule has 1 unspecified atom stereocenters. The molecular formula is C48H48F3N5O5. The van der Waals surface area contributed by atoms with Crippen LogP contribution in [0.3, 0.4) is 0 Å². The number of carbonyl (C=O) groups is 4. The first-order valence-electron chi connectivity index (χ1n) is 20.2. The molecule has 7 rings (SSSR count). The van der Waals surface area contributed by atoms with Crippen LogP contribution in [-0.4, -0.2) is 72.1 Å². The number of nitrogens with zero attached hydrogens (tertiary/aromatic N) is 3. The number of amides is 4. The third kappa shape index (κ3) is 10.1. The molecule has 1 atom stereocenters. The fourth-order valence-electron chi connectivity index (χ4n) is 7.85. The van der Waals surface area contributed by atoms with Crippen molar-refractivity contribution >= 4 is 29.3 Å². The third-order valence-electron chi connectivity index (χ3n) is 11.3. The lowest BCUT2D eigenvalue weighted by Gasteiger charge is -2.37. The fourth-order valence-corrected chi connectivity index (χ4v) is 7.85. The number of nitrogens with two attached hydrogens (primary N) is 1. The van der Waals surface area contributed by atoms with Crippen molar-refractivity contribution < 1.29 is 37.1 Å². The van der Waals surface area contributed by atoms with E-state index in [1.54, 1.807) is 35.2 Å². The normalized spacial score (nSPS) is 15.5. The van der Waals surface area contributed by atoms with E-state index in [0.29, 0.717) is 29.8 Å². The van der Waals surface area contributed by atoms with Gasteiger partial charge in [0.05, 0.1) is 30.2 Å². The number of anilines is 1. The molecule has 1 aliphatic carbocycles. The Morgan fingerprint density at radius 3 is 2.25 bits per heavy atom. The van der Waals surface area contributed by atoms with Gasteiger partial charge < -0.3 is 30.5 Å². The van der Waals surface area contributed by atoms with Crippen molar-refractivity contribution in [2.24, 2.45) is 5.73 Å². The molecule has 2 aliphatic rings. The Morgan fingerprint density at radius 1 is 0.869 bits per heavy atom. The van der Waals surface area contributed by atoms with Crippen molar-refractivity contribution in [3.05, 3.63) is 166 Å². The number of alkyl halides is 3. The van der Waals surface area contributed by atoms with Crippen LogP contribution in [-0.2, 0) is 40.7 Å². The lowest BCUT2D eigenvalue weighted by Crippen LogP contribution is -2.40. The molecule has 5 aromatic rings. The highest BCUT2D eigenvalue weighted by molar-refractivity contribution is 6.03. The zero-order valence-electron chi connectivity index (χ0n) is 34.1. The molecule has 1 saturated carbocycles. The molecule has 0 spiro atoms. The van der Waals surface area contributed by atoms with E-state index in [1.165, 1.54) is 12.1 Å². The molecule has 0 bridgehead atoms. The monoisotopic (exact) mass is 831 g/mol. The number of primary amides is 1. The van der Waals surface area contributed by atoms with Crippen LogP contribution in [0, 0.1) is 0 Å². The molecule has 0 aromatic heterocycles. The number of rotatable bonds is 16. The Balaban J connectivity index is 1.13. The van der Waals surface area contributed by atoms with E-state index >= 15 is 0 Å². The van der Waals surface area contributed by atoms with Gasteiger partial charge in [-0.3, -0.25) is 19.2 Å². The average Bonchev–Trinajstić information content (AvgIpc) is 4.06. The molecule has 3 N–H and O–H groups in total. The van der Waals surface area contributed by atoms with Gasteiger partial charge in [-0.05, 0) is 116 Å². The van der Waals surface area contributed by atoms with E-state index in [9.17, 15) is 32.3 Å². The number of halogens is 3. The Labute approximate surface area is 353 Å². The fraction of sp³-hybridized carbons (Fsp3) is 0.292. The molecule has 61 heavy (non-hydrogen) atoms. The Morgan fingerprint density at radius 2 is 1.59 bits per heavy atom. The summed E-state index contributed by atoms with van der Waals surface area (Å²) in [6.45, 7) is 0.857. The second kappa shape index (κ2) is 18.0. The van der Waals surface area contributed by atoms with Gasteiger partial charge in [0.25, 0.3) is 11.8 Å². The summed E-state index contributed by atoms with van der Waals surface area (Å²) in [6, 6.07) is 33.6. The lowest BCUT2D eigenvalue weighted by molar-refractivity contribution is -0.137. The van der Waals surface area contributed by atoms with Crippen molar-refractivity contribution in [1.29, 1.82) is 0 Å². The summed E-state index contributed by atoms with van der Waals surface area (Å²) >= 11 is 0. The first-order valence-corrected chi connectivity index (χ1v) is 20.2. The van der Waals surface area contributed by atoms with Gasteiger partial charge in [-0.25, -0.2) is 0 Å². The molecule has 316 valence electrons. The van der Waals surface area contributed by atoms with Gasteiger partial charge in [0.15, 0.2) is 0 Å². The zero-order valence-corrected chi connectivity index (χ0v) is 34.1. The minimum Gasteiger partial charge on any atom is -0.494 e. The van der Waals surface area contributed by atoms with E-state index in [4.69, 9.17) is 10.5 Å². The molecule has 1 aliphatic heterocycles. The number of hydrogen-bond acceptors (Lipinski definition) is 6. The van der Waals surface area contributed by atoms with Gasteiger partial charge in [0.2, 0.25) is 11.8 Å². The number of nitrogens with one attached hydrogen (secondary N) is 1. The summed E-state index contributed by atoms with van der Waals surface area (Å²) in [7, 11) is 4.02. The van der Waals surface area contributed by atoms with Crippen molar-refractivity contribution in [3.63, 3.8) is 0 Å². The van der Waals surface area contributed by atoms with E-state index in [1.807, 2.05) is 80.8 Å². The van der Waals surface area contributed by atoms with Crippen molar-refractivity contribution in [2.75, 3.05) is 39.1 Å². The maximum atomic E-state index is 14.6. The number of hydrogen-bond donors (Lipinski definition) is 2. The molecule has 5 aromatic carbocycles. The molecule has 10 nitrogen and oxygen atoms in total. The maximum absolute atomic E-state index is 14.6. The van der Waals surface area contributed by atoms with Crippen LogP contribution in [0.5, 0.6) is 5.75 Å². The van der Waals surface area contributed by atoms with Gasteiger partial charge >= 0.3 is 6.18 Å². The van der Waals surface area contributed by atoms with Crippen molar-refractivity contribution in [1.82, 2.24) is 14.7 Å². The smallest absolute Gasteiger partial charge is 0.416 e. The lowest BCUT2D eigenvalue weighted by atomic mass is 9.88. The summed E-state index contributed by atoms with van der Waals surface area (Å²) < 4.78 is 46.2. The van der Waals surface area contributed by atoms with Gasteiger partial charge in [-0.15, -0.1) is 0 Å². The van der Waals surface area contributed by atoms with E-state index in [-0.39, 0.29) is 42.1 Å². The van der Waals surface area contributed by atoms with Crippen LogP contribution < -0.4 is 15.8 Å². The first-order chi connectivity index (χ1) is 29.2. The van der Waals surface area contributed by atoms with Gasteiger partial charge in [0, 0.05) is 36.4 Å². The molecule has 0 radical (unpaired) electrons. The van der Waals surface area contributed by atoms with Crippen LogP contribution in [0.4, 0.5) is 18.9 Å². The van der Waals surface area contributed by atoms with Gasteiger partial charge in [0.1, 0.15) is 5.75 Å². The van der Waals surface area contributed by atoms with E-state index in [2.05, 4.69) is 10.2 Å². The number of ether oxygens (including phenoxy) is 1. The highest BCUT2D eigenvalue weighted by Gasteiger charge is 2.51. The second-order valence-corrected chi connectivity index (χ2v) is 16.0. The zero-order chi connectivity index (χ0) is 43.3. The predicted molar refractivity (Wildman–Crippen MR) is 226 cm³/mol. The summed E-state index contributed by atoms with van der Waals surface area (Å²) in [5, 5.41) is 3.08. The SMILES string of the molecule is CN(C)CCCOc1ccc(C2Cc3ccc(NC(=O)C4(c5ccccc5)CC4)cc3C(=O)N2Cc2ccc(C(=O)N(CC(N)=O)Cc3cccc(C(F)(F)F)c3)cc2)cc1. The summed E-state index contributed by atoms with van der Waals surface area (Å²) in [5.41, 5.74) is 8.77. The molecular weight excluding hydrogens is 784 g/mol. The first kappa shape index (κ1) is 42.6. The highest BCUT2D eigenvalue weighted by Crippen LogP contribution is 2.49. The Kier molecular flexibility index (Phi) is 12.6. The van der Waals surface area contributed by atoms with Crippen LogP contribution in [0.25, 0.3) is 0 Å². The summed E-state index contributed by atoms with van der Waals surface area (Å²) in [6.07, 6.45) is -1.72. The van der Waals surface area contributed by atoms with Crippen LogP contribution in [0.15, 0.2) is 121 Å². The molecule has 4 amide bonds. The van der Waals surface area contributed by atoms with Crippen LogP contribution in [0.2, 0.25) is 0 Å². The van der Waals surface area contributed by atoms with Crippen molar-refractivity contribution in [3.8, 4) is 5.75 Å². The van der Waals surface area contributed by atoms with Crippen molar-refractivity contribution in [2.45, 2.75) is 56.4 Å². The quantitative estimate of drug-likeness (QED) is 0.0980.